The molecule has 120 valence electrons. The van der Waals surface area contributed by atoms with Gasteiger partial charge in [-0.15, -0.1) is 0 Å². The lowest BCUT2D eigenvalue weighted by atomic mass is 10.1. The van der Waals surface area contributed by atoms with Gasteiger partial charge in [0.05, 0.1) is 6.61 Å². The Labute approximate surface area is 138 Å². The number of ketones is 1. The van der Waals surface area contributed by atoms with Crippen molar-refractivity contribution in [1.29, 1.82) is 0 Å². The van der Waals surface area contributed by atoms with Crippen LogP contribution in [0.1, 0.15) is 48.5 Å². The predicted octanol–water partition coefficient (Wildman–Crippen LogP) is 5.54. The van der Waals surface area contributed by atoms with Crippen molar-refractivity contribution >= 4 is 11.9 Å². The second kappa shape index (κ2) is 9.62. The van der Waals surface area contributed by atoms with Crippen LogP contribution in [0.3, 0.4) is 0 Å². The number of carbonyl (C=O) groups excluding carboxylic acids is 1. The van der Waals surface area contributed by atoms with Gasteiger partial charge in [0, 0.05) is 11.1 Å². The molecule has 2 heteroatoms. The van der Waals surface area contributed by atoms with Gasteiger partial charge in [0.25, 0.3) is 0 Å². The van der Waals surface area contributed by atoms with Gasteiger partial charge in [-0.2, -0.15) is 0 Å². The quantitative estimate of drug-likeness (QED) is 0.345. The van der Waals surface area contributed by atoms with Crippen molar-refractivity contribution in [3.8, 4) is 5.75 Å². The molecular weight excluding hydrogens is 284 g/mol. The Morgan fingerprint density at radius 3 is 2.48 bits per heavy atom. The number of para-hydroxylation sites is 1. The highest BCUT2D eigenvalue weighted by Gasteiger charge is 2.03. The van der Waals surface area contributed by atoms with E-state index in [0.717, 1.165) is 24.3 Å². The molecule has 0 spiro atoms. The molecule has 0 aliphatic carbocycles. The monoisotopic (exact) mass is 308 g/mol. The van der Waals surface area contributed by atoms with Crippen LogP contribution >= 0.6 is 0 Å². The van der Waals surface area contributed by atoms with E-state index >= 15 is 0 Å². The zero-order valence-corrected chi connectivity index (χ0v) is 13.7. The number of hydrogen-bond donors (Lipinski definition) is 0. The second-order valence-electron chi connectivity index (χ2n) is 5.51. The molecule has 0 radical (unpaired) electrons. The van der Waals surface area contributed by atoms with Gasteiger partial charge in [0.1, 0.15) is 5.75 Å². The number of hydrogen-bond acceptors (Lipinski definition) is 2. The Kier molecular flexibility index (Phi) is 7.12. The molecule has 0 aromatic heterocycles. The fourth-order valence-electron chi connectivity index (χ4n) is 2.32. The van der Waals surface area contributed by atoms with Crippen LogP contribution in [0.2, 0.25) is 0 Å². The van der Waals surface area contributed by atoms with E-state index < -0.39 is 0 Å². The molecular formula is C21H24O2. The van der Waals surface area contributed by atoms with E-state index in [4.69, 9.17) is 4.74 Å². The van der Waals surface area contributed by atoms with Crippen LogP contribution in [0, 0.1) is 0 Å². The third-order valence-corrected chi connectivity index (χ3v) is 3.65. The molecule has 0 N–H and O–H groups in total. The van der Waals surface area contributed by atoms with Crippen molar-refractivity contribution in [3.05, 3.63) is 71.8 Å². The SMILES string of the molecule is CCCCCCOc1ccccc1C=CC(=O)c1ccccc1. The van der Waals surface area contributed by atoms with Gasteiger partial charge in [-0.05, 0) is 24.6 Å². The zero-order valence-electron chi connectivity index (χ0n) is 13.7. The van der Waals surface area contributed by atoms with E-state index in [0.29, 0.717) is 5.56 Å². The van der Waals surface area contributed by atoms with E-state index in [2.05, 4.69) is 6.92 Å². The Bertz CT molecular complexity index is 629. The molecule has 0 saturated carbocycles. The summed E-state index contributed by atoms with van der Waals surface area (Å²) in [4.78, 5) is 12.1. The molecule has 0 atom stereocenters. The van der Waals surface area contributed by atoms with E-state index in [1.54, 1.807) is 6.08 Å². The van der Waals surface area contributed by atoms with Gasteiger partial charge in [-0.3, -0.25) is 4.79 Å². The van der Waals surface area contributed by atoms with Crippen LogP contribution in [-0.4, -0.2) is 12.4 Å². The molecule has 0 unspecified atom stereocenters. The standard InChI is InChI=1S/C21H24O2/c1-2-3-4-10-17-23-21-14-9-8-13-19(21)15-16-20(22)18-11-6-5-7-12-18/h5-9,11-16H,2-4,10,17H2,1H3. The number of rotatable bonds is 9. The van der Waals surface area contributed by atoms with Gasteiger partial charge in [-0.25, -0.2) is 0 Å². The van der Waals surface area contributed by atoms with Crippen LogP contribution < -0.4 is 4.74 Å². The first-order valence-corrected chi connectivity index (χ1v) is 8.30. The maximum absolute atomic E-state index is 12.1. The van der Waals surface area contributed by atoms with Crippen molar-refractivity contribution in [1.82, 2.24) is 0 Å². The summed E-state index contributed by atoms with van der Waals surface area (Å²) in [7, 11) is 0. The molecule has 0 heterocycles. The van der Waals surface area contributed by atoms with Crippen molar-refractivity contribution in [2.24, 2.45) is 0 Å². The smallest absolute Gasteiger partial charge is 0.185 e. The van der Waals surface area contributed by atoms with Crippen LogP contribution in [-0.2, 0) is 0 Å². The molecule has 0 aliphatic rings. The first kappa shape index (κ1) is 17.0. The molecule has 2 nitrogen and oxygen atoms in total. The Balaban J connectivity index is 1.97. The first-order chi connectivity index (χ1) is 11.3. The summed E-state index contributed by atoms with van der Waals surface area (Å²) in [5.74, 6) is 0.837. The Hall–Kier alpha value is -2.35. The van der Waals surface area contributed by atoms with Gasteiger partial charge in [0.15, 0.2) is 5.78 Å². The molecule has 0 amide bonds. The molecule has 2 aromatic rings. The summed E-state index contributed by atoms with van der Waals surface area (Å²) >= 11 is 0. The molecule has 0 aliphatic heterocycles. The summed E-state index contributed by atoms with van der Waals surface area (Å²) in [6, 6.07) is 17.1. The molecule has 0 bridgehead atoms. The van der Waals surface area contributed by atoms with Crippen molar-refractivity contribution in [2.75, 3.05) is 6.61 Å². The van der Waals surface area contributed by atoms with Gasteiger partial charge < -0.3 is 4.74 Å². The number of unbranched alkanes of at least 4 members (excludes halogenated alkanes) is 3. The van der Waals surface area contributed by atoms with E-state index in [9.17, 15) is 4.79 Å². The number of ether oxygens (including phenoxy) is 1. The summed E-state index contributed by atoms with van der Waals surface area (Å²) in [6.07, 6.45) is 8.17. The van der Waals surface area contributed by atoms with Crippen LogP contribution in [0.15, 0.2) is 60.7 Å². The normalized spacial score (nSPS) is 10.8. The van der Waals surface area contributed by atoms with Crippen molar-refractivity contribution in [3.63, 3.8) is 0 Å². The Morgan fingerprint density at radius 1 is 0.957 bits per heavy atom. The highest BCUT2D eigenvalue weighted by molar-refractivity contribution is 6.06. The third-order valence-electron chi connectivity index (χ3n) is 3.65. The summed E-state index contributed by atoms with van der Waals surface area (Å²) in [5.41, 5.74) is 1.63. The summed E-state index contributed by atoms with van der Waals surface area (Å²) < 4.78 is 5.86. The van der Waals surface area contributed by atoms with Crippen molar-refractivity contribution in [2.45, 2.75) is 32.6 Å². The fraction of sp³-hybridized carbons (Fsp3) is 0.286. The van der Waals surface area contributed by atoms with E-state index in [-0.39, 0.29) is 5.78 Å². The average molecular weight is 308 g/mol. The average Bonchev–Trinajstić information content (AvgIpc) is 2.61. The lowest BCUT2D eigenvalue weighted by molar-refractivity contribution is 0.104. The summed E-state index contributed by atoms with van der Waals surface area (Å²) in [5, 5.41) is 0. The minimum Gasteiger partial charge on any atom is -0.493 e. The van der Waals surface area contributed by atoms with Gasteiger partial charge in [-0.1, -0.05) is 74.7 Å². The van der Waals surface area contributed by atoms with Gasteiger partial charge in [0.2, 0.25) is 0 Å². The molecule has 0 fully saturated rings. The maximum Gasteiger partial charge on any atom is 0.185 e. The maximum atomic E-state index is 12.1. The summed E-state index contributed by atoms with van der Waals surface area (Å²) in [6.45, 7) is 2.92. The Morgan fingerprint density at radius 2 is 1.70 bits per heavy atom. The second-order valence-corrected chi connectivity index (χ2v) is 5.51. The van der Waals surface area contributed by atoms with Crippen molar-refractivity contribution < 1.29 is 9.53 Å². The topological polar surface area (TPSA) is 26.3 Å². The minimum absolute atomic E-state index is 0.00310. The fourth-order valence-corrected chi connectivity index (χ4v) is 2.32. The molecule has 0 saturated heterocycles. The molecule has 23 heavy (non-hydrogen) atoms. The highest BCUT2D eigenvalue weighted by atomic mass is 16.5. The molecule has 2 aromatic carbocycles. The van der Waals surface area contributed by atoms with Crippen LogP contribution in [0.5, 0.6) is 5.75 Å². The van der Waals surface area contributed by atoms with E-state index in [1.807, 2.05) is 60.7 Å². The van der Waals surface area contributed by atoms with Crippen LogP contribution in [0.25, 0.3) is 6.08 Å². The van der Waals surface area contributed by atoms with E-state index in [1.165, 1.54) is 19.3 Å². The minimum atomic E-state index is 0.00310. The number of allylic oxidation sites excluding steroid dienone is 1. The zero-order chi connectivity index (χ0) is 16.3. The third kappa shape index (κ3) is 5.74. The van der Waals surface area contributed by atoms with Crippen LogP contribution in [0.4, 0.5) is 0 Å². The first-order valence-electron chi connectivity index (χ1n) is 8.30. The number of carbonyl (C=O) groups is 1. The highest BCUT2D eigenvalue weighted by Crippen LogP contribution is 2.20. The lowest BCUT2D eigenvalue weighted by Crippen LogP contribution is -1.99. The van der Waals surface area contributed by atoms with Gasteiger partial charge >= 0.3 is 0 Å². The lowest BCUT2D eigenvalue weighted by Gasteiger charge is -2.08. The number of benzene rings is 2. The molecule has 2 rings (SSSR count). The predicted molar refractivity (Wildman–Crippen MR) is 95.9 cm³/mol. The largest absolute Gasteiger partial charge is 0.493 e.